The molecule has 4 heteroatoms. The van der Waals surface area contributed by atoms with Gasteiger partial charge in [0.2, 0.25) is 0 Å². The summed E-state index contributed by atoms with van der Waals surface area (Å²) in [5.41, 5.74) is 0.624. The lowest BCUT2D eigenvalue weighted by Crippen LogP contribution is -2.27. The lowest BCUT2D eigenvalue weighted by atomic mass is 10.2. The minimum Gasteiger partial charge on any atom is -0.481 e. The van der Waals surface area contributed by atoms with Gasteiger partial charge in [0.25, 0.3) is 0 Å². The average molecular weight is 253 g/mol. The van der Waals surface area contributed by atoms with Crippen molar-refractivity contribution in [2.75, 3.05) is 13.1 Å². The zero-order valence-electron chi connectivity index (χ0n) is 10.7. The lowest BCUT2D eigenvalue weighted by Gasteiger charge is -2.21. The molecule has 0 fully saturated rings. The van der Waals surface area contributed by atoms with Crippen molar-refractivity contribution in [2.45, 2.75) is 32.7 Å². The molecule has 0 saturated heterocycles. The average Bonchev–Trinajstić information content (AvgIpc) is 2.35. The Kier molecular flexibility index (Phi) is 6.36. The summed E-state index contributed by atoms with van der Waals surface area (Å²) < 4.78 is 13.5. The van der Waals surface area contributed by atoms with Crippen LogP contribution in [0, 0.1) is 5.82 Å². The largest absolute Gasteiger partial charge is 0.481 e. The highest BCUT2D eigenvalue weighted by atomic mass is 19.1. The van der Waals surface area contributed by atoms with Crippen LogP contribution in [-0.2, 0) is 11.3 Å². The Morgan fingerprint density at radius 3 is 2.67 bits per heavy atom. The molecular weight excluding hydrogens is 233 g/mol. The van der Waals surface area contributed by atoms with Crippen LogP contribution in [0.4, 0.5) is 4.39 Å². The number of halogens is 1. The highest BCUT2D eigenvalue weighted by Gasteiger charge is 2.10. The zero-order chi connectivity index (χ0) is 13.4. The van der Waals surface area contributed by atoms with E-state index in [9.17, 15) is 9.18 Å². The Morgan fingerprint density at radius 2 is 2.06 bits per heavy atom. The van der Waals surface area contributed by atoms with Gasteiger partial charge in [0, 0.05) is 18.7 Å². The van der Waals surface area contributed by atoms with Crippen LogP contribution in [-0.4, -0.2) is 29.1 Å². The normalized spacial score (nSPS) is 10.8. The van der Waals surface area contributed by atoms with Gasteiger partial charge in [-0.05, 0) is 19.0 Å². The van der Waals surface area contributed by atoms with Crippen LogP contribution in [0.5, 0.6) is 0 Å². The fraction of sp³-hybridized carbons (Fsp3) is 0.500. The molecule has 0 radical (unpaired) electrons. The molecule has 0 spiro atoms. The van der Waals surface area contributed by atoms with E-state index in [-0.39, 0.29) is 12.2 Å². The summed E-state index contributed by atoms with van der Waals surface area (Å²) in [5.74, 6) is -1.04. The highest BCUT2D eigenvalue weighted by molar-refractivity contribution is 5.66. The Balaban J connectivity index is 2.59. The molecule has 0 amide bonds. The smallest absolute Gasteiger partial charge is 0.304 e. The number of rotatable bonds is 8. The maximum Gasteiger partial charge on any atom is 0.304 e. The van der Waals surface area contributed by atoms with E-state index in [1.165, 1.54) is 6.07 Å². The van der Waals surface area contributed by atoms with E-state index in [0.29, 0.717) is 18.7 Å². The fourth-order valence-corrected chi connectivity index (χ4v) is 1.77. The van der Waals surface area contributed by atoms with E-state index >= 15 is 0 Å². The summed E-state index contributed by atoms with van der Waals surface area (Å²) >= 11 is 0. The third kappa shape index (κ3) is 5.27. The maximum absolute atomic E-state index is 13.5. The van der Waals surface area contributed by atoms with Gasteiger partial charge in [-0.15, -0.1) is 0 Å². The third-order valence-electron chi connectivity index (χ3n) is 2.82. The standard InChI is InChI=1S/C14H20FNO2/c1-2-3-9-16(10-8-14(17)18)11-12-6-4-5-7-13(12)15/h4-7H,2-3,8-11H2,1H3,(H,17,18). The molecule has 3 nitrogen and oxygen atoms in total. The van der Waals surface area contributed by atoms with E-state index < -0.39 is 5.97 Å². The van der Waals surface area contributed by atoms with Gasteiger partial charge in [-0.1, -0.05) is 31.5 Å². The minimum absolute atomic E-state index is 0.0954. The minimum atomic E-state index is -0.815. The molecule has 0 aliphatic rings. The van der Waals surface area contributed by atoms with Gasteiger partial charge < -0.3 is 5.11 Å². The molecule has 0 atom stereocenters. The number of hydrogen-bond donors (Lipinski definition) is 1. The van der Waals surface area contributed by atoms with E-state index in [0.717, 1.165) is 19.4 Å². The van der Waals surface area contributed by atoms with Crippen molar-refractivity contribution in [1.29, 1.82) is 0 Å². The van der Waals surface area contributed by atoms with Gasteiger partial charge in [-0.25, -0.2) is 4.39 Å². The summed E-state index contributed by atoms with van der Waals surface area (Å²) in [6, 6.07) is 6.64. The van der Waals surface area contributed by atoms with Crippen LogP contribution in [0.15, 0.2) is 24.3 Å². The Labute approximate surface area is 107 Å². The van der Waals surface area contributed by atoms with Crippen molar-refractivity contribution in [3.63, 3.8) is 0 Å². The molecule has 0 bridgehead atoms. The van der Waals surface area contributed by atoms with Crippen molar-refractivity contribution in [3.05, 3.63) is 35.6 Å². The van der Waals surface area contributed by atoms with Crippen molar-refractivity contribution < 1.29 is 14.3 Å². The molecule has 18 heavy (non-hydrogen) atoms. The number of carboxylic acids is 1. The first-order valence-corrected chi connectivity index (χ1v) is 6.31. The molecule has 0 unspecified atom stereocenters. The number of nitrogens with zero attached hydrogens (tertiary/aromatic N) is 1. The number of hydrogen-bond acceptors (Lipinski definition) is 2. The van der Waals surface area contributed by atoms with Gasteiger partial charge in [0.05, 0.1) is 6.42 Å². The third-order valence-corrected chi connectivity index (χ3v) is 2.82. The predicted octanol–water partition coefficient (Wildman–Crippen LogP) is 2.90. The van der Waals surface area contributed by atoms with Gasteiger partial charge in [0.15, 0.2) is 0 Å². The molecule has 0 saturated carbocycles. The van der Waals surface area contributed by atoms with Gasteiger partial charge in [0.1, 0.15) is 5.82 Å². The summed E-state index contributed by atoms with van der Waals surface area (Å²) in [7, 11) is 0. The van der Waals surface area contributed by atoms with Crippen LogP contribution < -0.4 is 0 Å². The highest BCUT2D eigenvalue weighted by Crippen LogP contribution is 2.11. The number of carbonyl (C=O) groups is 1. The van der Waals surface area contributed by atoms with Crippen molar-refractivity contribution >= 4 is 5.97 Å². The number of aliphatic carboxylic acids is 1. The van der Waals surface area contributed by atoms with Gasteiger partial charge in [-0.3, -0.25) is 9.69 Å². The molecule has 1 aromatic carbocycles. The summed E-state index contributed by atoms with van der Waals surface area (Å²) in [6.07, 6.45) is 2.13. The summed E-state index contributed by atoms with van der Waals surface area (Å²) in [5, 5.41) is 8.71. The fourth-order valence-electron chi connectivity index (χ4n) is 1.77. The Morgan fingerprint density at radius 1 is 1.33 bits per heavy atom. The molecule has 100 valence electrons. The first-order valence-electron chi connectivity index (χ1n) is 6.31. The van der Waals surface area contributed by atoms with Crippen molar-refractivity contribution in [3.8, 4) is 0 Å². The van der Waals surface area contributed by atoms with Crippen LogP contribution >= 0.6 is 0 Å². The van der Waals surface area contributed by atoms with E-state index in [4.69, 9.17) is 5.11 Å². The summed E-state index contributed by atoms with van der Waals surface area (Å²) in [6.45, 7) is 3.82. The number of unbranched alkanes of at least 4 members (excludes halogenated alkanes) is 1. The molecule has 1 aromatic rings. The van der Waals surface area contributed by atoms with E-state index in [2.05, 4.69) is 6.92 Å². The van der Waals surface area contributed by atoms with Crippen LogP contribution in [0.2, 0.25) is 0 Å². The predicted molar refractivity (Wildman–Crippen MR) is 68.8 cm³/mol. The number of carboxylic acid groups (broad SMARTS) is 1. The van der Waals surface area contributed by atoms with Crippen LogP contribution in [0.25, 0.3) is 0 Å². The zero-order valence-corrected chi connectivity index (χ0v) is 10.7. The lowest BCUT2D eigenvalue weighted by molar-refractivity contribution is -0.137. The molecule has 0 aliphatic heterocycles. The van der Waals surface area contributed by atoms with E-state index in [1.807, 2.05) is 4.90 Å². The second kappa shape index (κ2) is 7.82. The molecule has 0 heterocycles. The second-order valence-corrected chi connectivity index (χ2v) is 4.36. The Bertz CT molecular complexity index is 382. The van der Waals surface area contributed by atoms with Crippen molar-refractivity contribution in [2.24, 2.45) is 0 Å². The monoisotopic (exact) mass is 253 g/mol. The maximum atomic E-state index is 13.5. The Hall–Kier alpha value is -1.42. The molecule has 1 N–H and O–H groups in total. The SMILES string of the molecule is CCCCN(CCC(=O)O)Cc1ccccc1F. The quantitative estimate of drug-likeness (QED) is 0.774. The molecule has 0 aromatic heterocycles. The second-order valence-electron chi connectivity index (χ2n) is 4.36. The van der Waals surface area contributed by atoms with Crippen LogP contribution in [0.1, 0.15) is 31.7 Å². The topological polar surface area (TPSA) is 40.5 Å². The molecule has 1 rings (SSSR count). The summed E-state index contributed by atoms with van der Waals surface area (Å²) in [4.78, 5) is 12.6. The van der Waals surface area contributed by atoms with Crippen LogP contribution in [0.3, 0.4) is 0 Å². The first-order chi connectivity index (χ1) is 8.63. The van der Waals surface area contributed by atoms with Gasteiger partial charge >= 0.3 is 5.97 Å². The van der Waals surface area contributed by atoms with E-state index in [1.54, 1.807) is 18.2 Å². The molecular formula is C14H20FNO2. The van der Waals surface area contributed by atoms with Gasteiger partial charge in [-0.2, -0.15) is 0 Å². The van der Waals surface area contributed by atoms with Crippen molar-refractivity contribution in [1.82, 2.24) is 4.90 Å². The molecule has 0 aliphatic carbocycles. The number of benzene rings is 1. The first kappa shape index (κ1) is 14.6.